The zero-order valence-electron chi connectivity index (χ0n) is 18.7. The van der Waals surface area contributed by atoms with Crippen LogP contribution in [0.1, 0.15) is 30.9 Å². The Morgan fingerprint density at radius 1 is 0.971 bits per heavy atom. The minimum atomic E-state index is -3.48. The first-order chi connectivity index (χ1) is 16.5. The fraction of sp³-hybridized carbons (Fsp3) is 0.292. The van der Waals surface area contributed by atoms with Gasteiger partial charge < -0.3 is 13.7 Å². The number of aryl methyl sites for hydroxylation is 1. The van der Waals surface area contributed by atoms with Gasteiger partial charge in [0.05, 0.1) is 4.90 Å². The summed E-state index contributed by atoms with van der Waals surface area (Å²) in [5, 5.41) is 12.3. The summed E-state index contributed by atoms with van der Waals surface area (Å²) in [6, 6.07) is 16.0. The highest BCUT2D eigenvalue weighted by Crippen LogP contribution is 2.33. The third kappa shape index (κ3) is 4.46. The van der Waals surface area contributed by atoms with Gasteiger partial charge in [0, 0.05) is 18.7 Å². The van der Waals surface area contributed by atoms with Crippen LogP contribution in [0.4, 0.5) is 0 Å². The summed E-state index contributed by atoms with van der Waals surface area (Å²) in [6.45, 7) is 2.96. The van der Waals surface area contributed by atoms with Gasteiger partial charge in [-0.25, -0.2) is 8.42 Å². The van der Waals surface area contributed by atoms with Crippen LogP contribution in [0.15, 0.2) is 68.4 Å². The minimum Gasteiger partial charge on any atom is -0.484 e. The number of hydrogen-bond donors (Lipinski definition) is 0. The van der Waals surface area contributed by atoms with Gasteiger partial charge in [-0.1, -0.05) is 41.9 Å². The van der Waals surface area contributed by atoms with E-state index in [0.29, 0.717) is 41.7 Å². The molecule has 4 aromatic rings. The number of nitrogens with zero attached hydrogens (tertiary/aromatic N) is 4. The lowest BCUT2D eigenvalue weighted by Gasteiger charge is -2.25. The third-order valence-corrected chi connectivity index (χ3v) is 7.64. The van der Waals surface area contributed by atoms with E-state index in [1.807, 2.05) is 30.3 Å². The van der Waals surface area contributed by atoms with Gasteiger partial charge in [-0.15, -0.1) is 10.2 Å². The van der Waals surface area contributed by atoms with Crippen molar-refractivity contribution in [1.82, 2.24) is 19.7 Å². The molecule has 1 saturated heterocycles. The number of sulfonamides is 1. The second kappa shape index (κ2) is 9.40. The Kier molecular flexibility index (Phi) is 6.16. The molecule has 9 nitrogen and oxygen atoms in total. The number of aromatic nitrogens is 3. The molecule has 10 heteroatoms. The number of ether oxygens (including phenoxy) is 1. The van der Waals surface area contributed by atoms with E-state index in [0.717, 1.165) is 24.8 Å². The molecule has 0 unspecified atom stereocenters. The fourth-order valence-corrected chi connectivity index (χ4v) is 5.45. The van der Waals surface area contributed by atoms with E-state index in [1.54, 1.807) is 35.5 Å². The summed E-state index contributed by atoms with van der Waals surface area (Å²) < 4.78 is 44.0. The maximum absolute atomic E-state index is 12.8. The van der Waals surface area contributed by atoms with Crippen molar-refractivity contribution in [1.29, 1.82) is 0 Å². The summed E-state index contributed by atoms with van der Waals surface area (Å²) in [6.07, 6.45) is 2.86. The van der Waals surface area contributed by atoms with Crippen molar-refractivity contribution in [2.24, 2.45) is 0 Å². The van der Waals surface area contributed by atoms with E-state index in [9.17, 15) is 8.42 Å². The maximum Gasteiger partial charge on any atom is 0.254 e. The SMILES string of the molecule is Cc1onc(-c2ccccc2)c1-c1nnc(COc2ccc(S(=O)(=O)N3CCCCC3)cc2)o1. The van der Waals surface area contributed by atoms with Gasteiger partial charge in [0.1, 0.15) is 22.8 Å². The predicted octanol–water partition coefficient (Wildman–Crippen LogP) is 4.45. The first-order valence-corrected chi connectivity index (χ1v) is 12.5. The summed E-state index contributed by atoms with van der Waals surface area (Å²) in [5.41, 5.74) is 2.14. The molecule has 5 rings (SSSR count). The van der Waals surface area contributed by atoms with Gasteiger partial charge >= 0.3 is 0 Å². The number of hydrogen-bond acceptors (Lipinski definition) is 8. The molecular formula is C24H24N4O5S. The van der Waals surface area contributed by atoms with Crippen molar-refractivity contribution in [3.8, 4) is 28.5 Å². The monoisotopic (exact) mass is 480 g/mol. The molecule has 0 radical (unpaired) electrons. The van der Waals surface area contributed by atoms with Crippen molar-refractivity contribution < 1.29 is 22.1 Å². The molecule has 0 aliphatic carbocycles. The number of piperidine rings is 1. The average molecular weight is 481 g/mol. The van der Waals surface area contributed by atoms with Crippen LogP contribution < -0.4 is 4.74 Å². The summed E-state index contributed by atoms with van der Waals surface area (Å²) >= 11 is 0. The number of benzene rings is 2. The van der Waals surface area contributed by atoms with Crippen molar-refractivity contribution in [3.63, 3.8) is 0 Å². The second-order valence-electron chi connectivity index (χ2n) is 8.05. The van der Waals surface area contributed by atoms with E-state index in [-0.39, 0.29) is 17.4 Å². The molecule has 1 fully saturated rings. The van der Waals surface area contributed by atoms with Gasteiger partial charge in [-0.2, -0.15) is 4.31 Å². The lowest BCUT2D eigenvalue weighted by atomic mass is 10.1. The molecule has 0 bridgehead atoms. The smallest absolute Gasteiger partial charge is 0.254 e. The van der Waals surface area contributed by atoms with Crippen molar-refractivity contribution >= 4 is 10.0 Å². The van der Waals surface area contributed by atoms with Crippen LogP contribution in [-0.2, 0) is 16.6 Å². The second-order valence-corrected chi connectivity index (χ2v) is 9.99. The Labute approximate surface area is 197 Å². The van der Waals surface area contributed by atoms with E-state index in [4.69, 9.17) is 13.7 Å². The van der Waals surface area contributed by atoms with E-state index < -0.39 is 10.0 Å². The van der Waals surface area contributed by atoms with Gasteiger partial charge in [-0.05, 0) is 44.0 Å². The van der Waals surface area contributed by atoms with Gasteiger partial charge in [0.2, 0.25) is 10.0 Å². The Bertz CT molecular complexity index is 1360. The first kappa shape index (κ1) is 22.3. The molecule has 0 N–H and O–H groups in total. The number of rotatable bonds is 7. The molecule has 1 aliphatic heterocycles. The quantitative estimate of drug-likeness (QED) is 0.381. The van der Waals surface area contributed by atoms with Crippen LogP contribution in [-0.4, -0.2) is 41.2 Å². The highest BCUT2D eigenvalue weighted by atomic mass is 32.2. The Morgan fingerprint density at radius 3 is 2.44 bits per heavy atom. The average Bonchev–Trinajstić information content (AvgIpc) is 3.50. The Morgan fingerprint density at radius 2 is 1.71 bits per heavy atom. The Hall–Kier alpha value is -3.50. The van der Waals surface area contributed by atoms with Crippen molar-refractivity contribution in [2.45, 2.75) is 37.7 Å². The van der Waals surface area contributed by atoms with Crippen LogP contribution in [0, 0.1) is 6.92 Å². The lowest BCUT2D eigenvalue weighted by Crippen LogP contribution is -2.35. The van der Waals surface area contributed by atoms with E-state index in [2.05, 4.69) is 15.4 Å². The molecule has 0 saturated carbocycles. The molecule has 176 valence electrons. The largest absolute Gasteiger partial charge is 0.484 e. The molecule has 0 amide bonds. The van der Waals surface area contributed by atoms with Crippen molar-refractivity contribution in [2.75, 3.05) is 13.1 Å². The van der Waals surface area contributed by atoms with Crippen molar-refractivity contribution in [3.05, 3.63) is 66.2 Å². The van der Waals surface area contributed by atoms with Gasteiger partial charge in [0.15, 0.2) is 6.61 Å². The minimum absolute atomic E-state index is 0.0379. The van der Waals surface area contributed by atoms with Crippen LogP contribution in [0.2, 0.25) is 0 Å². The summed E-state index contributed by atoms with van der Waals surface area (Å²) in [7, 11) is -3.48. The molecule has 0 atom stereocenters. The Balaban J connectivity index is 1.27. The molecule has 2 aromatic carbocycles. The fourth-order valence-electron chi connectivity index (χ4n) is 3.94. The first-order valence-electron chi connectivity index (χ1n) is 11.1. The van der Waals surface area contributed by atoms with Crippen LogP contribution in [0.5, 0.6) is 5.75 Å². The molecule has 3 heterocycles. The topological polar surface area (TPSA) is 112 Å². The molecule has 1 aliphatic rings. The lowest BCUT2D eigenvalue weighted by molar-refractivity contribution is 0.264. The molecule has 34 heavy (non-hydrogen) atoms. The van der Waals surface area contributed by atoms with E-state index >= 15 is 0 Å². The molecule has 2 aromatic heterocycles. The molecule has 0 spiro atoms. The van der Waals surface area contributed by atoms with Crippen LogP contribution in [0.25, 0.3) is 22.7 Å². The van der Waals surface area contributed by atoms with Crippen LogP contribution >= 0.6 is 0 Å². The van der Waals surface area contributed by atoms with E-state index in [1.165, 1.54) is 0 Å². The summed E-state index contributed by atoms with van der Waals surface area (Å²) in [5.74, 6) is 1.64. The zero-order valence-corrected chi connectivity index (χ0v) is 19.5. The summed E-state index contributed by atoms with van der Waals surface area (Å²) in [4.78, 5) is 0.262. The predicted molar refractivity (Wildman–Crippen MR) is 123 cm³/mol. The molecular weight excluding hydrogens is 456 g/mol. The third-order valence-electron chi connectivity index (χ3n) is 5.73. The van der Waals surface area contributed by atoms with Gasteiger partial charge in [-0.3, -0.25) is 0 Å². The highest BCUT2D eigenvalue weighted by Gasteiger charge is 2.26. The zero-order chi connectivity index (χ0) is 23.5. The van der Waals surface area contributed by atoms with Crippen LogP contribution in [0.3, 0.4) is 0 Å². The standard InChI is InChI=1S/C24H24N4O5S/c1-17-22(23(27-33-17)18-8-4-2-5-9-18)24-26-25-21(32-24)16-31-19-10-12-20(13-11-19)34(29,30)28-14-6-3-7-15-28/h2,4-5,8-13H,3,6-7,14-16H2,1H3. The van der Waals surface area contributed by atoms with Gasteiger partial charge in [0.25, 0.3) is 11.8 Å². The maximum atomic E-state index is 12.8. The normalized spacial score (nSPS) is 14.9. The highest BCUT2D eigenvalue weighted by molar-refractivity contribution is 7.89.